The highest BCUT2D eigenvalue weighted by molar-refractivity contribution is 7.92. The first-order valence-electron chi connectivity index (χ1n) is 9.08. The van der Waals surface area contributed by atoms with Crippen LogP contribution in [0.1, 0.15) is 18.4 Å². The van der Waals surface area contributed by atoms with E-state index in [0.29, 0.717) is 5.57 Å². The van der Waals surface area contributed by atoms with Crippen LogP contribution in [-0.2, 0) is 28.9 Å². The van der Waals surface area contributed by atoms with Crippen LogP contribution >= 0.6 is 0 Å². The highest BCUT2D eigenvalue weighted by Gasteiger charge is 2.59. The third kappa shape index (κ3) is 3.70. The van der Waals surface area contributed by atoms with Crippen LogP contribution in [0.25, 0.3) is 6.08 Å². The van der Waals surface area contributed by atoms with Crippen molar-refractivity contribution >= 4 is 27.9 Å². The van der Waals surface area contributed by atoms with Crippen LogP contribution < -0.4 is 0 Å². The van der Waals surface area contributed by atoms with E-state index >= 15 is 0 Å². The van der Waals surface area contributed by atoms with Crippen molar-refractivity contribution in [1.29, 1.82) is 0 Å². The van der Waals surface area contributed by atoms with Crippen LogP contribution in [0.15, 0.2) is 71.1 Å². The molecule has 0 radical (unpaired) electrons. The van der Waals surface area contributed by atoms with Crippen molar-refractivity contribution in [2.75, 3.05) is 14.2 Å². The van der Waals surface area contributed by atoms with Gasteiger partial charge in [-0.25, -0.2) is 8.42 Å². The predicted octanol–water partition coefficient (Wildman–Crippen LogP) is 3.04. The molecule has 0 aromatic heterocycles. The molecule has 2 aromatic rings. The van der Waals surface area contributed by atoms with Crippen molar-refractivity contribution in [1.82, 2.24) is 0 Å². The molecule has 6 nitrogen and oxygen atoms in total. The summed E-state index contributed by atoms with van der Waals surface area (Å²) in [6.45, 7) is 0. The number of esters is 2. The van der Waals surface area contributed by atoms with E-state index < -0.39 is 32.4 Å². The van der Waals surface area contributed by atoms with Gasteiger partial charge in [0.1, 0.15) is 0 Å². The molecule has 29 heavy (non-hydrogen) atoms. The molecule has 0 bridgehead atoms. The summed E-state index contributed by atoms with van der Waals surface area (Å²) in [6.07, 6.45) is 1.47. The van der Waals surface area contributed by atoms with Crippen molar-refractivity contribution in [2.45, 2.75) is 23.0 Å². The van der Waals surface area contributed by atoms with Gasteiger partial charge in [0.25, 0.3) is 0 Å². The summed E-state index contributed by atoms with van der Waals surface area (Å²) in [5.41, 5.74) is -0.685. The molecule has 0 saturated heterocycles. The molecule has 0 heterocycles. The second kappa shape index (κ2) is 8.21. The average molecular weight is 414 g/mol. The van der Waals surface area contributed by atoms with Gasteiger partial charge in [-0.3, -0.25) is 9.59 Å². The Labute approximate surface area is 170 Å². The fraction of sp³-hybridized carbons (Fsp3) is 0.273. The van der Waals surface area contributed by atoms with Gasteiger partial charge in [0.15, 0.2) is 15.3 Å². The van der Waals surface area contributed by atoms with Crippen LogP contribution in [-0.4, -0.2) is 39.8 Å². The van der Waals surface area contributed by atoms with E-state index in [4.69, 9.17) is 9.47 Å². The highest BCUT2D eigenvalue weighted by Crippen LogP contribution is 2.49. The lowest BCUT2D eigenvalue weighted by atomic mass is 9.81. The van der Waals surface area contributed by atoms with Crippen molar-refractivity contribution in [2.24, 2.45) is 5.41 Å². The normalized spacial score (nSPS) is 19.7. The standard InChI is InChI=1S/C22H22O6S/c1-27-20(23)22(21(24)28-2)15-19(29(25,26)18-11-7-4-8-12-18)14-17(22)13-16-9-5-3-6-10-16/h3-13,19H,14-15H2,1-2H3/b17-13+. The topological polar surface area (TPSA) is 86.7 Å². The van der Waals surface area contributed by atoms with E-state index in [2.05, 4.69) is 0 Å². The molecule has 1 unspecified atom stereocenters. The van der Waals surface area contributed by atoms with Crippen LogP contribution in [0, 0.1) is 5.41 Å². The molecule has 2 aromatic carbocycles. The zero-order chi connectivity index (χ0) is 21.1. The lowest BCUT2D eigenvalue weighted by Crippen LogP contribution is -2.41. The van der Waals surface area contributed by atoms with Crippen LogP contribution in [0.2, 0.25) is 0 Å². The smallest absolute Gasteiger partial charge is 0.327 e. The fourth-order valence-electron chi connectivity index (χ4n) is 3.78. The van der Waals surface area contributed by atoms with Crippen LogP contribution in [0.5, 0.6) is 0 Å². The van der Waals surface area contributed by atoms with Crippen LogP contribution in [0.3, 0.4) is 0 Å². The lowest BCUT2D eigenvalue weighted by molar-refractivity contribution is -0.165. The number of rotatable bonds is 5. The second-order valence-corrected chi connectivity index (χ2v) is 9.09. The van der Waals surface area contributed by atoms with Gasteiger partial charge in [-0.1, -0.05) is 54.6 Å². The van der Waals surface area contributed by atoms with Gasteiger partial charge in [-0.05, 0) is 36.1 Å². The van der Waals surface area contributed by atoms with Gasteiger partial charge >= 0.3 is 11.9 Å². The SMILES string of the molecule is COC(=O)C1(C(=O)OC)CC(S(=O)(=O)c2ccccc2)C/C1=C\c1ccccc1. The van der Waals surface area contributed by atoms with E-state index in [0.717, 1.165) is 5.56 Å². The summed E-state index contributed by atoms with van der Waals surface area (Å²) in [7, 11) is -1.43. The Morgan fingerprint density at radius 2 is 1.45 bits per heavy atom. The van der Waals surface area contributed by atoms with Gasteiger partial charge in [-0.2, -0.15) is 0 Å². The van der Waals surface area contributed by atoms with Gasteiger partial charge in [0.05, 0.1) is 24.4 Å². The summed E-state index contributed by atoms with van der Waals surface area (Å²) in [5, 5.41) is -0.960. The Bertz CT molecular complexity index is 1010. The van der Waals surface area contributed by atoms with Crippen molar-refractivity contribution in [3.05, 3.63) is 71.8 Å². The number of sulfone groups is 1. The number of hydrogen-bond donors (Lipinski definition) is 0. The van der Waals surface area contributed by atoms with Gasteiger partial charge in [0, 0.05) is 0 Å². The zero-order valence-electron chi connectivity index (χ0n) is 16.2. The van der Waals surface area contributed by atoms with Crippen molar-refractivity contribution < 1.29 is 27.5 Å². The first-order valence-corrected chi connectivity index (χ1v) is 10.6. The maximum Gasteiger partial charge on any atom is 0.327 e. The third-order valence-corrected chi connectivity index (χ3v) is 7.39. The Morgan fingerprint density at radius 3 is 1.97 bits per heavy atom. The largest absolute Gasteiger partial charge is 0.468 e. The van der Waals surface area contributed by atoms with Crippen LogP contribution in [0.4, 0.5) is 0 Å². The number of methoxy groups -OCH3 is 2. The molecule has 152 valence electrons. The molecule has 0 aliphatic heterocycles. The number of carbonyl (C=O) groups excluding carboxylic acids is 2. The first kappa shape index (κ1) is 20.8. The summed E-state index contributed by atoms with van der Waals surface area (Å²) in [6, 6.07) is 17.1. The fourth-order valence-corrected chi connectivity index (χ4v) is 5.57. The number of hydrogen-bond acceptors (Lipinski definition) is 6. The van der Waals surface area contributed by atoms with Crippen molar-refractivity contribution in [3.8, 4) is 0 Å². The van der Waals surface area contributed by atoms with Gasteiger partial charge < -0.3 is 9.47 Å². The van der Waals surface area contributed by atoms with E-state index in [1.54, 1.807) is 24.3 Å². The minimum atomic E-state index is -3.77. The lowest BCUT2D eigenvalue weighted by Gasteiger charge is -2.25. The van der Waals surface area contributed by atoms with E-state index in [1.807, 2.05) is 30.3 Å². The summed E-state index contributed by atoms with van der Waals surface area (Å²) in [5.74, 6) is -1.64. The Kier molecular flexibility index (Phi) is 5.88. The molecule has 1 aliphatic carbocycles. The zero-order valence-corrected chi connectivity index (χ0v) is 17.0. The minimum Gasteiger partial charge on any atom is -0.468 e. The van der Waals surface area contributed by atoms with E-state index in [-0.39, 0.29) is 17.7 Å². The Balaban J connectivity index is 2.15. The maximum absolute atomic E-state index is 13.2. The van der Waals surface area contributed by atoms with E-state index in [1.165, 1.54) is 26.4 Å². The Hall–Kier alpha value is -2.93. The second-order valence-electron chi connectivity index (χ2n) is 6.86. The number of ether oxygens (including phenoxy) is 2. The first-order chi connectivity index (χ1) is 13.9. The molecule has 3 rings (SSSR count). The quantitative estimate of drug-likeness (QED) is 0.552. The molecule has 1 atom stereocenters. The summed E-state index contributed by atoms with van der Waals surface area (Å²) in [4.78, 5) is 25.7. The highest BCUT2D eigenvalue weighted by atomic mass is 32.2. The Morgan fingerprint density at radius 1 is 0.931 bits per heavy atom. The molecule has 7 heteroatoms. The minimum absolute atomic E-state index is 0.0241. The number of carbonyl (C=O) groups is 2. The maximum atomic E-state index is 13.2. The average Bonchev–Trinajstić information content (AvgIpc) is 3.15. The molecule has 0 amide bonds. The summed E-state index contributed by atoms with van der Waals surface area (Å²) >= 11 is 0. The molecule has 1 aliphatic rings. The van der Waals surface area contributed by atoms with Crippen molar-refractivity contribution in [3.63, 3.8) is 0 Å². The predicted molar refractivity (Wildman–Crippen MR) is 108 cm³/mol. The molecular weight excluding hydrogens is 392 g/mol. The third-order valence-electron chi connectivity index (χ3n) is 5.25. The monoisotopic (exact) mass is 414 g/mol. The summed E-state index contributed by atoms with van der Waals surface area (Å²) < 4.78 is 36.3. The van der Waals surface area contributed by atoms with Gasteiger partial charge in [-0.15, -0.1) is 0 Å². The molecule has 0 spiro atoms. The number of benzene rings is 2. The molecular formula is C22H22O6S. The van der Waals surface area contributed by atoms with E-state index in [9.17, 15) is 18.0 Å². The van der Waals surface area contributed by atoms with Gasteiger partial charge in [0.2, 0.25) is 0 Å². The molecule has 0 N–H and O–H groups in total. The molecule has 1 fully saturated rings. The molecule has 1 saturated carbocycles.